The molecular weight excluding hydrogens is 692 g/mol. The van der Waals surface area contributed by atoms with Crippen LogP contribution < -0.4 is 29.1 Å². The van der Waals surface area contributed by atoms with Crippen LogP contribution in [0.3, 0.4) is 0 Å². The predicted molar refractivity (Wildman–Crippen MR) is 182 cm³/mol. The quantitative estimate of drug-likeness (QED) is 0.0789. The molecule has 17 heteroatoms. The van der Waals surface area contributed by atoms with Gasteiger partial charge in [-0.3, -0.25) is 4.79 Å². The van der Waals surface area contributed by atoms with Crippen LogP contribution in [0.4, 0.5) is 0 Å². The number of fused-ring (bicyclic) bond motifs is 1. The lowest BCUT2D eigenvalue weighted by molar-refractivity contribution is -0.214. The summed E-state index contributed by atoms with van der Waals surface area (Å²) in [6.45, 7) is 0.330. The summed E-state index contributed by atoms with van der Waals surface area (Å²) in [5.41, 5.74) is -0.362. The second kappa shape index (κ2) is 18.7. The van der Waals surface area contributed by atoms with Gasteiger partial charge in [0.05, 0.1) is 72.6 Å². The molecule has 17 nitrogen and oxygen atoms in total. The molecule has 0 bridgehead atoms. The first-order valence-electron chi connectivity index (χ1n) is 16.5. The Morgan fingerprint density at radius 3 is 2.19 bits per heavy atom. The molecule has 4 rings (SSSR count). The number of aromatic hydroxyl groups is 1. The van der Waals surface area contributed by atoms with Crippen molar-refractivity contribution in [2.45, 2.75) is 50.3 Å². The lowest BCUT2D eigenvalue weighted by atomic mass is 9.83. The highest BCUT2D eigenvalue weighted by Gasteiger charge is 2.46. The monoisotopic (exact) mass is 740 g/mol. The second-order valence-corrected chi connectivity index (χ2v) is 12.0. The summed E-state index contributed by atoms with van der Waals surface area (Å²) in [6.07, 6.45) is -6.30. The fraction of sp³-hybridized carbons (Fsp3) is 0.571. The van der Waals surface area contributed by atoms with Crippen LogP contribution in [0, 0.1) is 11.8 Å². The number of aliphatic hydroxyl groups is 5. The van der Waals surface area contributed by atoms with E-state index in [4.69, 9.17) is 52.2 Å². The minimum absolute atomic E-state index is 0.0375. The molecule has 8 atom stereocenters. The van der Waals surface area contributed by atoms with Gasteiger partial charge in [0, 0.05) is 43.2 Å². The number of methoxy groups -OCH3 is 5. The van der Waals surface area contributed by atoms with Crippen molar-refractivity contribution in [1.82, 2.24) is 0 Å². The van der Waals surface area contributed by atoms with Crippen molar-refractivity contribution >= 4 is 11.0 Å². The van der Waals surface area contributed by atoms with E-state index in [1.807, 2.05) is 0 Å². The molecule has 6 N–H and O–H groups in total. The van der Waals surface area contributed by atoms with Gasteiger partial charge in [0.25, 0.3) is 0 Å². The lowest BCUT2D eigenvalue weighted by Crippen LogP contribution is -2.48. The molecule has 0 amide bonds. The number of hydrogen-bond donors (Lipinski definition) is 6. The number of phenols is 1. The van der Waals surface area contributed by atoms with Gasteiger partial charge in [0.2, 0.25) is 17.5 Å². The van der Waals surface area contributed by atoms with Gasteiger partial charge in [-0.2, -0.15) is 0 Å². The van der Waals surface area contributed by atoms with E-state index >= 15 is 0 Å². The number of ether oxygens (including phenoxy) is 9. The number of hydrogen-bond acceptors (Lipinski definition) is 17. The van der Waals surface area contributed by atoms with Crippen LogP contribution in [0.2, 0.25) is 0 Å². The fourth-order valence-electron chi connectivity index (χ4n) is 6.17. The van der Waals surface area contributed by atoms with Crippen LogP contribution in [-0.2, 0) is 18.9 Å². The third-order valence-electron chi connectivity index (χ3n) is 8.81. The minimum atomic E-state index is -1.41. The molecule has 0 spiro atoms. The molecule has 0 aliphatic carbocycles. The molecule has 1 saturated heterocycles. The fourth-order valence-corrected chi connectivity index (χ4v) is 6.17. The normalized spacial score (nSPS) is 22.3. The van der Waals surface area contributed by atoms with E-state index in [-0.39, 0.29) is 66.6 Å². The van der Waals surface area contributed by atoms with Crippen LogP contribution in [0.15, 0.2) is 33.7 Å². The maximum absolute atomic E-state index is 13.9. The van der Waals surface area contributed by atoms with Gasteiger partial charge in [-0.05, 0) is 19.4 Å². The zero-order chi connectivity index (χ0) is 38.1. The maximum atomic E-state index is 13.9. The molecular formula is C35H48O17. The summed E-state index contributed by atoms with van der Waals surface area (Å²) < 4.78 is 56.6. The number of aliphatic hydroxyl groups excluding tert-OH is 5. The van der Waals surface area contributed by atoms with Crippen molar-refractivity contribution in [3.63, 3.8) is 0 Å². The Bertz CT molecular complexity index is 1660. The average molecular weight is 741 g/mol. The third kappa shape index (κ3) is 8.65. The summed E-state index contributed by atoms with van der Waals surface area (Å²) in [6, 6.07) is 4.40. The summed E-state index contributed by atoms with van der Waals surface area (Å²) in [5.74, 6) is -1.63. The van der Waals surface area contributed by atoms with E-state index in [1.54, 1.807) is 12.1 Å². The van der Waals surface area contributed by atoms with Crippen molar-refractivity contribution < 1.29 is 77.7 Å². The summed E-state index contributed by atoms with van der Waals surface area (Å²) in [7, 11) is 6.88. The molecule has 8 unspecified atom stereocenters. The molecule has 2 heterocycles. The molecule has 2 aromatic carbocycles. The number of benzene rings is 2. The Kier molecular flexibility index (Phi) is 14.7. The zero-order valence-corrected chi connectivity index (χ0v) is 29.8. The summed E-state index contributed by atoms with van der Waals surface area (Å²) in [4.78, 5) is 13.9. The highest BCUT2D eigenvalue weighted by Crippen LogP contribution is 2.45. The van der Waals surface area contributed by atoms with Gasteiger partial charge in [-0.1, -0.05) is 0 Å². The van der Waals surface area contributed by atoms with E-state index in [1.165, 1.54) is 54.8 Å². The number of rotatable bonds is 18. The maximum Gasteiger partial charge on any atom is 0.229 e. The Hall–Kier alpha value is -3.91. The standard InChI is InChI=1S/C35H48O17/c1-17(38)27-18(14-50-34(21(39)13-37)48-9-7-8-36)15-51-35(33(47-6)30(27)41)52-26-12-25-28(31(42)32(26)46-5)29(40)20(16-49-25)19-10-23(44-3)24(45-4)11-22(19)43-2/h10-12,16-18,21,27,30,33-39,41-42H,7-9,13-15H2,1-6H3. The van der Waals surface area contributed by atoms with Gasteiger partial charge in [-0.15, -0.1) is 0 Å². The Morgan fingerprint density at radius 1 is 0.904 bits per heavy atom. The Labute approximate surface area is 299 Å². The van der Waals surface area contributed by atoms with E-state index in [2.05, 4.69) is 0 Å². The molecule has 1 aromatic heterocycles. The predicted octanol–water partition coefficient (Wildman–Crippen LogP) is 1.02. The first-order valence-corrected chi connectivity index (χ1v) is 16.5. The third-order valence-corrected chi connectivity index (χ3v) is 8.81. The van der Waals surface area contributed by atoms with E-state index in [0.717, 1.165) is 0 Å². The summed E-state index contributed by atoms with van der Waals surface area (Å²) >= 11 is 0. The average Bonchev–Trinajstić information content (AvgIpc) is 3.27. The second-order valence-electron chi connectivity index (χ2n) is 12.0. The van der Waals surface area contributed by atoms with Crippen LogP contribution in [-0.4, -0.2) is 136 Å². The molecule has 0 radical (unpaired) electrons. The van der Waals surface area contributed by atoms with Gasteiger partial charge in [0.15, 0.2) is 29.3 Å². The van der Waals surface area contributed by atoms with Crippen LogP contribution in [0.25, 0.3) is 22.1 Å². The SMILES string of the molecule is COc1cc(OC)c(-c2coc3cc(OC4OCC(COC(OCCCO)C(O)CO)C(C(C)O)C(O)C4OC)c(OC)c(O)c3c2=O)cc1OC. The van der Waals surface area contributed by atoms with Crippen molar-refractivity contribution in [2.24, 2.45) is 11.8 Å². The highest BCUT2D eigenvalue weighted by molar-refractivity contribution is 5.92. The largest absolute Gasteiger partial charge is 0.504 e. The van der Waals surface area contributed by atoms with Gasteiger partial charge in [0.1, 0.15) is 35.2 Å². The molecule has 52 heavy (non-hydrogen) atoms. The van der Waals surface area contributed by atoms with Crippen molar-refractivity contribution in [3.8, 4) is 45.6 Å². The van der Waals surface area contributed by atoms with Crippen LogP contribution in [0.1, 0.15) is 13.3 Å². The minimum Gasteiger partial charge on any atom is -0.504 e. The van der Waals surface area contributed by atoms with Crippen molar-refractivity contribution in [3.05, 3.63) is 34.7 Å². The summed E-state index contributed by atoms with van der Waals surface area (Å²) in [5, 5.41) is 62.2. The van der Waals surface area contributed by atoms with Crippen molar-refractivity contribution in [1.29, 1.82) is 0 Å². The van der Waals surface area contributed by atoms with Crippen LogP contribution >= 0.6 is 0 Å². The molecule has 1 aliphatic heterocycles. The molecule has 0 saturated carbocycles. The van der Waals surface area contributed by atoms with Gasteiger partial charge < -0.3 is 77.7 Å². The molecule has 1 fully saturated rings. The van der Waals surface area contributed by atoms with E-state index in [9.17, 15) is 30.3 Å². The van der Waals surface area contributed by atoms with Gasteiger partial charge in [-0.25, -0.2) is 0 Å². The van der Waals surface area contributed by atoms with Crippen LogP contribution in [0.5, 0.6) is 34.5 Å². The van der Waals surface area contributed by atoms with E-state index in [0.29, 0.717) is 17.1 Å². The smallest absolute Gasteiger partial charge is 0.229 e. The first kappa shape index (κ1) is 40.9. The Morgan fingerprint density at radius 2 is 1.60 bits per heavy atom. The molecule has 3 aromatic rings. The van der Waals surface area contributed by atoms with Crippen molar-refractivity contribution in [2.75, 3.05) is 68.6 Å². The van der Waals surface area contributed by atoms with Gasteiger partial charge >= 0.3 is 0 Å². The molecule has 1 aliphatic rings. The zero-order valence-electron chi connectivity index (χ0n) is 29.8. The lowest BCUT2D eigenvalue weighted by Gasteiger charge is -2.34. The topological polar surface area (TPSA) is 235 Å². The number of phenolic OH excluding ortho intramolecular Hbond substituents is 1. The first-order chi connectivity index (χ1) is 25.0. The molecule has 290 valence electrons. The Balaban J connectivity index is 1.69. The highest BCUT2D eigenvalue weighted by atomic mass is 16.7. The van der Waals surface area contributed by atoms with E-state index < -0.39 is 66.6 Å².